The molecule has 0 heterocycles. The van der Waals surface area contributed by atoms with Crippen LogP contribution in [0.3, 0.4) is 0 Å². The Bertz CT molecular complexity index is 756. The number of ether oxygens (including phenoxy) is 1. The molecule has 0 amide bonds. The van der Waals surface area contributed by atoms with Crippen molar-refractivity contribution in [3.63, 3.8) is 0 Å². The Morgan fingerprint density at radius 1 is 1.14 bits per heavy atom. The summed E-state index contributed by atoms with van der Waals surface area (Å²) in [6.07, 6.45) is 5.47. The van der Waals surface area contributed by atoms with Crippen LogP contribution in [0.5, 0.6) is 0 Å². The quantitative estimate of drug-likeness (QED) is 0.672. The van der Waals surface area contributed by atoms with Gasteiger partial charge in [0, 0.05) is 38.0 Å². The van der Waals surface area contributed by atoms with Crippen molar-refractivity contribution in [3.05, 3.63) is 0 Å². The molecule has 4 aliphatic rings. The molecule has 29 heavy (non-hydrogen) atoms. The summed E-state index contributed by atoms with van der Waals surface area (Å²) in [5.41, 5.74) is -0.416. The van der Waals surface area contributed by atoms with Crippen molar-refractivity contribution in [3.8, 4) is 0 Å². The minimum atomic E-state index is -0.441. The monoisotopic (exact) mass is 402 g/mol. The van der Waals surface area contributed by atoms with Gasteiger partial charge in [0.1, 0.15) is 18.2 Å². The molecule has 0 unspecified atom stereocenters. The smallest absolute Gasteiger partial charge is 0.303 e. The molecule has 0 saturated heterocycles. The van der Waals surface area contributed by atoms with Crippen LogP contribution >= 0.6 is 0 Å². The van der Waals surface area contributed by atoms with E-state index in [2.05, 4.69) is 20.8 Å². The number of Topliss-reactive ketones (excluding diaryl/α,β-unsaturated/α-hetero) is 3. The van der Waals surface area contributed by atoms with E-state index in [0.717, 1.165) is 25.7 Å². The molecule has 0 aliphatic heterocycles. The van der Waals surface area contributed by atoms with Crippen LogP contribution in [0.4, 0.5) is 0 Å². The lowest BCUT2D eigenvalue weighted by Gasteiger charge is -2.59. The predicted molar refractivity (Wildman–Crippen MR) is 107 cm³/mol. The summed E-state index contributed by atoms with van der Waals surface area (Å²) >= 11 is 0. The van der Waals surface area contributed by atoms with Crippen LogP contribution in [-0.4, -0.2) is 29.9 Å². The van der Waals surface area contributed by atoms with Crippen molar-refractivity contribution >= 4 is 23.3 Å². The molecule has 0 bridgehead atoms. The number of hydrogen-bond acceptors (Lipinski definition) is 5. The van der Waals surface area contributed by atoms with E-state index in [9.17, 15) is 19.2 Å². The van der Waals surface area contributed by atoms with E-state index in [1.165, 1.54) is 6.92 Å². The molecule has 0 radical (unpaired) electrons. The first-order valence-corrected chi connectivity index (χ1v) is 11.3. The van der Waals surface area contributed by atoms with Crippen molar-refractivity contribution in [1.82, 2.24) is 0 Å². The highest BCUT2D eigenvalue weighted by Crippen LogP contribution is 2.67. The molecule has 0 aromatic rings. The zero-order chi connectivity index (χ0) is 21.1. The van der Waals surface area contributed by atoms with Gasteiger partial charge in [0.05, 0.1) is 0 Å². The second-order valence-corrected chi connectivity index (χ2v) is 10.9. The first kappa shape index (κ1) is 20.7. The minimum absolute atomic E-state index is 0.0296. The maximum Gasteiger partial charge on any atom is 0.303 e. The Morgan fingerprint density at radius 3 is 2.55 bits per heavy atom. The summed E-state index contributed by atoms with van der Waals surface area (Å²) in [5.74, 6) is 1.16. The second kappa shape index (κ2) is 7.02. The first-order valence-electron chi connectivity index (χ1n) is 11.3. The van der Waals surface area contributed by atoms with Gasteiger partial charge in [-0.3, -0.25) is 19.2 Å². The highest BCUT2D eigenvalue weighted by atomic mass is 16.5. The number of esters is 1. The zero-order valence-corrected chi connectivity index (χ0v) is 18.2. The van der Waals surface area contributed by atoms with Crippen LogP contribution in [0.25, 0.3) is 0 Å². The molecule has 4 rings (SSSR count). The average Bonchev–Trinajstić information content (AvgIpc) is 2.89. The fourth-order valence-corrected chi connectivity index (χ4v) is 8.18. The third-order valence-corrected chi connectivity index (χ3v) is 9.27. The topological polar surface area (TPSA) is 77.5 Å². The number of carbonyl (C=O) groups is 4. The molecule has 0 aromatic carbocycles. The fraction of sp³-hybridized carbons (Fsp3) is 0.833. The SMILES string of the molecule is CC(=O)OCC(=O)[C@H]1[C@H](C)C[C@H]2[C@@H]3CC[C@@H]4CC(=O)CC[C@]4(C)[C@H]3C(=O)C[C@@]21C. The number of rotatable bonds is 3. The van der Waals surface area contributed by atoms with Crippen molar-refractivity contribution in [1.29, 1.82) is 0 Å². The van der Waals surface area contributed by atoms with Gasteiger partial charge in [-0.05, 0) is 60.2 Å². The lowest BCUT2D eigenvalue weighted by molar-refractivity contribution is -0.163. The molecular formula is C24H34O5. The van der Waals surface area contributed by atoms with E-state index < -0.39 is 5.97 Å². The van der Waals surface area contributed by atoms with E-state index in [4.69, 9.17) is 4.74 Å². The molecule has 4 fully saturated rings. The summed E-state index contributed by atoms with van der Waals surface area (Å²) in [6, 6.07) is 0. The highest BCUT2D eigenvalue weighted by molar-refractivity contribution is 5.89. The number of carbonyl (C=O) groups excluding carboxylic acids is 4. The van der Waals surface area contributed by atoms with E-state index in [1.54, 1.807) is 0 Å². The molecule has 5 nitrogen and oxygen atoms in total. The molecule has 8 atom stereocenters. The van der Waals surface area contributed by atoms with E-state index >= 15 is 0 Å². The largest absolute Gasteiger partial charge is 0.458 e. The molecule has 4 saturated carbocycles. The second-order valence-electron chi connectivity index (χ2n) is 10.9. The van der Waals surface area contributed by atoms with Gasteiger partial charge in [0.2, 0.25) is 0 Å². The van der Waals surface area contributed by atoms with Crippen LogP contribution in [-0.2, 0) is 23.9 Å². The average molecular weight is 403 g/mol. The van der Waals surface area contributed by atoms with E-state index in [0.29, 0.717) is 48.6 Å². The van der Waals surface area contributed by atoms with Crippen molar-refractivity contribution < 1.29 is 23.9 Å². The van der Waals surface area contributed by atoms with Crippen LogP contribution < -0.4 is 0 Å². The number of ketones is 3. The lowest BCUT2D eigenvalue weighted by Crippen LogP contribution is -2.58. The standard InChI is InChI=1S/C24H34O5/c1-13-9-18-17-6-5-15-10-16(26)7-8-23(15,3)22(17)19(27)11-24(18,4)21(13)20(28)12-29-14(2)25/h13,15,17-18,21-22H,5-12H2,1-4H3/t13-,15-,17+,18+,21-,22-,23+,24+/m1/s1. The van der Waals surface area contributed by atoms with Gasteiger partial charge in [-0.1, -0.05) is 20.8 Å². The summed E-state index contributed by atoms with van der Waals surface area (Å²) in [6.45, 7) is 7.63. The maximum atomic E-state index is 13.6. The predicted octanol–water partition coefficient (Wildman–Crippen LogP) is 3.77. The Labute approximate surface area is 173 Å². The summed E-state index contributed by atoms with van der Waals surface area (Å²) in [5, 5.41) is 0. The van der Waals surface area contributed by atoms with Gasteiger partial charge in [0.25, 0.3) is 0 Å². The van der Waals surface area contributed by atoms with E-state index in [-0.39, 0.29) is 41.0 Å². The third kappa shape index (κ3) is 3.11. The molecule has 5 heteroatoms. The molecule has 160 valence electrons. The maximum absolute atomic E-state index is 13.6. The van der Waals surface area contributed by atoms with Crippen LogP contribution in [0.2, 0.25) is 0 Å². The summed E-state index contributed by atoms with van der Waals surface area (Å²) in [4.78, 5) is 49.8. The lowest BCUT2D eigenvalue weighted by atomic mass is 9.44. The molecular weight excluding hydrogens is 368 g/mol. The molecule has 4 aliphatic carbocycles. The minimum Gasteiger partial charge on any atom is -0.458 e. The van der Waals surface area contributed by atoms with Gasteiger partial charge in [-0.15, -0.1) is 0 Å². The Morgan fingerprint density at radius 2 is 1.86 bits per heavy atom. The van der Waals surface area contributed by atoms with Crippen molar-refractivity contribution in [2.75, 3.05) is 6.61 Å². The summed E-state index contributed by atoms with van der Waals surface area (Å²) < 4.78 is 5.01. The third-order valence-electron chi connectivity index (χ3n) is 9.27. The number of fused-ring (bicyclic) bond motifs is 5. The van der Waals surface area contributed by atoms with Crippen molar-refractivity contribution in [2.45, 2.75) is 72.6 Å². The van der Waals surface area contributed by atoms with E-state index in [1.807, 2.05) is 0 Å². The Hall–Kier alpha value is -1.52. The number of hydrogen-bond donors (Lipinski definition) is 0. The van der Waals surface area contributed by atoms with Crippen molar-refractivity contribution in [2.24, 2.45) is 46.3 Å². The zero-order valence-electron chi connectivity index (χ0n) is 18.2. The first-order chi connectivity index (χ1) is 13.6. The molecule has 0 aromatic heterocycles. The van der Waals surface area contributed by atoms with Crippen LogP contribution in [0.1, 0.15) is 72.6 Å². The van der Waals surface area contributed by atoms with Gasteiger partial charge in [-0.2, -0.15) is 0 Å². The summed E-state index contributed by atoms with van der Waals surface area (Å²) in [7, 11) is 0. The normalized spacial score (nSPS) is 46.5. The van der Waals surface area contributed by atoms with Gasteiger partial charge in [-0.25, -0.2) is 0 Å². The van der Waals surface area contributed by atoms with Crippen LogP contribution in [0.15, 0.2) is 0 Å². The molecule has 0 spiro atoms. The highest BCUT2D eigenvalue weighted by Gasteiger charge is 2.65. The van der Waals surface area contributed by atoms with Gasteiger partial charge in [0.15, 0.2) is 5.78 Å². The Kier molecular flexibility index (Phi) is 5.02. The molecule has 0 N–H and O–H groups in total. The fourth-order valence-electron chi connectivity index (χ4n) is 8.18. The van der Waals surface area contributed by atoms with Gasteiger partial charge >= 0.3 is 5.97 Å². The van der Waals surface area contributed by atoms with Crippen LogP contribution in [0, 0.1) is 46.3 Å². The Balaban J connectivity index is 1.63. The van der Waals surface area contributed by atoms with Gasteiger partial charge < -0.3 is 4.74 Å².